The van der Waals surface area contributed by atoms with Crippen molar-refractivity contribution in [1.82, 2.24) is 0 Å². The lowest BCUT2D eigenvalue weighted by Crippen LogP contribution is -2.14. The van der Waals surface area contributed by atoms with Gasteiger partial charge in [0.05, 0.1) is 11.1 Å². The van der Waals surface area contributed by atoms with Crippen LogP contribution < -0.4 is 4.90 Å². The van der Waals surface area contributed by atoms with Crippen LogP contribution in [0.3, 0.4) is 0 Å². The molecule has 56 heavy (non-hydrogen) atoms. The third-order valence-corrected chi connectivity index (χ3v) is 12.7. The normalized spacial score (nSPS) is 14.4. The lowest BCUT2D eigenvalue weighted by molar-refractivity contribution is 0.660. The molecule has 0 saturated heterocycles. The van der Waals surface area contributed by atoms with Crippen LogP contribution in [0.4, 0.5) is 17.1 Å². The number of hydrogen-bond acceptors (Lipinski definition) is 2. The van der Waals surface area contributed by atoms with Gasteiger partial charge in [0, 0.05) is 27.6 Å². The van der Waals surface area contributed by atoms with Crippen molar-refractivity contribution < 1.29 is 4.42 Å². The number of rotatable bonds is 5. The van der Waals surface area contributed by atoms with Crippen LogP contribution in [-0.2, 0) is 10.8 Å². The Hall–Kier alpha value is -6.64. The summed E-state index contributed by atoms with van der Waals surface area (Å²) in [6.07, 6.45) is 0. The molecular weight excluding hydrogens is 679 g/mol. The molecule has 2 nitrogen and oxygen atoms in total. The van der Waals surface area contributed by atoms with Crippen LogP contribution >= 0.6 is 0 Å². The molecule has 1 aromatic heterocycles. The smallest absolute Gasteiger partial charge is 0.137 e. The first-order chi connectivity index (χ1) is 27.3. The van der Waals surface area contributed by atoms with Crippen molar-refractivity contribution in [3.63, 3.8) is 0 Å². The van der Waals surface area contributed by atoms with Gasteiger partial charge in [0.2, 0.25) is 0 Å². The van der Waals surface area contributed by atoms with Gasteiger partial charge in [0.1, 0.15) is 11.2 Å². The van der Waals surface area contributed by atoms with Gasteiger partial charge >= 0.3 is 0 Å². The van der Waals surface area contributed by atoms with Gasteiger partial charge in [0.25, 0.3) is 0 Å². The molecule has 0 atom stereocenters. The standard InChI is InChI=1S/C54H41NO/c1-53(2)43-25-8-5-20-40(43)50-38(23-13-27-45(50)53)34-16-11-18-36(32-34)55(47-29-15-31-49-52(47)42-22-7-10-30-48(42)56-49)37-19-12-17-35(33-37)39-24-14-28-46-51(39)41-21-6-9-26-44(41)54(46,3)4/h5-33H,1-4H3. The third-order valence-electron chi connectivity index (χ3n) is 12.7. The fraction of sp³-hybridized carbons (Fsp3) is 0.111. The molecule has 0 N–H and O–H groups in total. The Morgan fingerprint density at radius 1 is 0.393 bits per heavy atom. The number of hydrogen-bond donors (Lipinski definition) is 0. The van der Waals surface area contributed by atoms with Crippen LogP contribution in [0.25, 0.3) is 66.4 Å². The molecule has 8 aromatic carbocycles. The molecule has 0 fully saturated rings. The molecule has 0 spiro atoms. The first-order valence-corrected chi connectivity index (χ1v) is 19.7. The average molecular weight is 720 g/mol. The van der Waals surface area contributed by atoms with E-state index in [1.54, 1.807) is 0 Å². The van der Waals surface area contributed by atoms with E-state index >= 15 is 0 Å². The molecule has 2 aliphatic carbocycles. The zero-order chi connectivity index (χ0) is 37.8. The molecule has 0 aliphatic heterocycles. The van der Waals surface area contributed by atoms with Gasteiger partial charge in [-0.3, -0.25) is 0 Å². The monoisotopic (exact) mass is 719 g/mol. The highest BCUT2D eigenvalue weighted by atomic mass is 16.3. The predicted molar refractivity (Wildman–Crippen MR) is 234 cm³/mol. The van der Waals surface area contributed by atoms with Crippen molar-refractivity contribution in [2.75, 3.05) is 4.90 Å². The Balaban J connectivity index is 1.14. The summed E-state index contributed by atoms with van der Waals surface area (Å²) in [5, 5.41) is 2.21. The average Bonchev–Trinajstić information content (AvgIpc) is 3.82. The Labute approximate surface area is 328 Å². The van der Waals surface area contributed by atoms with E-state index in [9.17, 15) is 0 Å². The second kappa shape index (κ2) is 11.9. The van der Waals surface area contributed by atoms with E-state index in [1.807, 2.05) is 6.07 Å². The Kier molecular flexibility index (Phi) is 6.98. The lowest BCUT2D eigenvalue weighted by atomic mass is 9.82. The largest absolute Gasteiger partial charge is 0.456 e. The molecule has 0 radical (unpaired) electrons. The Morgan fingerprint density at radius 2 is 0.839 bits per heavy atom. The molecule has 11 rings (SSSR count). The molecule has 1 heterocycles. The molecule has 2 aliphatic rings. The predicted octanol–water partition coefficient (Wildman–Crippen LogP) is 15.0. The minimum atomic E-state index is -0.0721. The summed E-state index contributed by atoms with van der Waals surface area (Å²) >= 11 is 0. The molecular formula is C54H41NO. The van der Waals surface area contributed by atoms with E-state index in [0.717, 1.165) is 39.0 Å². The molecule has 0 bridgehead atoms. The minimum absolute atomic E-state index is 0.0721. The first-order valence-electron chi connectivity index (χ1n) is 19.7. The number of benzene rings is 8. The SMILES string of the molecule is CC1(C)c2ccccc2-c2c(-c3cccc(N(c4cccc(-c5cccc6c5-c5ccccc5C6(C)C)c4)c4cccc5oc6ccccc6c45)c3)cccc21. The van der Waals surface area contributed by atoms with E-state index in [0.29, 0.717) is 0 Å². The lowest BCUT2D eigenvalue weighted by Gasteiger charge is -2.28. The molecule has 0 amide bonds. The van der Waals surface area contributed by atoms with Gasteiger partial charge in [-0.1, -0.05) is 161 Å². The fourth-order valence-corrected chi connectivity index (χ4v) is 9.98. The summed E-state index contributed by atoms with van der Waals surface area (Å²) < 4.78 is 6.48. The molecule has 268 valence electrons. The van der Waals surface area contributed by atoms with E-state index < -0.39 is 0 Å². The maximum Gasteiger partial charge on any atom is 0.137 e. The maximum absolute atomic E-state index is 6.48. The van der Waals surface area contributed by atoms with Crippen molar-refractivity contribution in [2.24, 2.45) is 0 Å². The number of nitrogens with zero attached hydrogens (tertiary/aromatic N) is 1. The van der Waals surface area contributed by atoms with Gasteiger partial charge in [-0.05, 0) is 109 Å². The van der Waals surface area contributed by atoms with Crippen LogP contribution in [-0.4, -0.2) is 0 Å². The summed E-state index contributed by atoms with van der Waals surface area (Å²) in [5.74, 6) is 0. The number of fused-ring (bicyclic) bond motifs is 9. The van der Waals surface area contributed by atoms with Gasteiger partial charge in [-0.2, -0.15) is 0 Å². The molecule has 0 saturated carbocycles. The highest BCUT2D eigenvalue weighted by molar-refractivity contribution is 6.13. The van der Waals surface area contributed by atoms with Gasteiger partial charge < -0.3 is 9.32 Å². The Morgan fingerprint density at radius 3 is 1.43 bits per heavy atom. The topological polar surface area (TPSA) is 16.4 Å². The van der Waals surface area contributed by atoms with E-state index in [2.05, 4.69) is 202 Å². The molecule has 9 aromatic rings. The van der Waals surface area contributed by atoms with Crippen LogP contribution in [0, 0.1) is 0 Å². The quantitative estimate of drug-likeness (QED) is 0.176. The van der Waals surface area contributed by atoms with Crippen LogP contribution in [0.2, 0.25) is 0 Å². The second-order valence-corrected chi connectivity index (χ2v) is 16.5. The van der Waals surface area contributed by atoms with Crippen molar-refractivity contribution in [3.05, 3.63) is 198 Å². The van der Waals surface area contributed by atoms with Gasteiger partial charge in [0.15, 0.2) is 0 Å². The van der Waals surface area contributed by atoms with E-state index in [-0.39, 0.29) is 10.8 Å². The summed E-state index contributed by atoms with van der Waals surface area (Å²) in [6.45, 7) is 9.41. The van der Waals surface area contributed by atoms with Crippen LogP contribution in [0.15, 0.2) is 180 Å². The third kappa shape index (κ3) is 4.62. The highest BCUT2D eigenvalue weighted by Crippen LogP contribution is 2.54. The Bertz CT molecular complexity index is 2900. The van der Waals surface area contributed by atoms with Crippen LogP contribution in [0.1, 0.15) is 49.9 Å². The van der Waals surface area contributed by atoms with Gasteiger partial charge in [-0.25, -0.2) is 0 Å². The zero-order valence-electron chi connectivity index (χ0n) is 32.1. The summed E-state index contributed by atoms with van der Waals surface area (Å²) in [6, 6.07) is 64.5. The van der Waals surface area contributed by atoms with Crippen molar-refractivity contribution in [1.29, 1.82) is 0 Å². The fourth-order valence-electron chi connectivity index (χ4n) is 9.98. The van der Waals surface area contributed by atoms with Crippen molar-refractivity contribution >= 4 is 39.0 Å². The highest BCUT2D eigenvalue weighted by Gasteiger charge is 2.38. The zero-order valence-corrected chi connectivity index (χ0v) is 32.1. The molecule has 0 unspecified atom stereocenters. The summed E-state index contributed by atoms with van der Waals surface area (Å²) in [7, 11) is 0. The van der Waals surface area contributed by atoms with Gasteiger partial charge in [-0.15, -0.1) is 0 Å². The van der Waals surface area contributed by atoms with Crippen LogP contribution in [0.5, 0.6) is 0 Å². The summed E-state index contributed by atoms with van der Waals surface area (Å²) in [5.41, 5.74) is 20.6. The number of anilines is 3. The van der Waals surface area contributed by atoms with Crippen molar-refractivity contribution in [2.45, 2.75) is 38.5 Å². The minimum Gasteiger partial charge on any atom is -0.456 e. The number of para-hydroxylation sites is 1. The summed E-state index contributed by atoms with van der Waals surface area (Å²) in [4.78, 5) is 2.43. The van der Waals surface area contributed by atoms with E-state index in [1.165, 1.54) is 66.8 Å². The first kappa shape index (κ1) is 32.8. The molecule has 2 heteroatoms. The maximum atomic E-state index is 6.48. The van der Waals surface area contributed by atoms with E-state index in [4.69, 9.17) is 4.42 Å². The van der Waals surface area contributed by atoms with Crippen molar-refractivity contribution in [3.8, 4) is 44.5 Å². The number of furan rings is 1. The second-order valence-electron chi connectivity index (χ2n) is 16.5.